The summed E-state index contributed by atoms with van der Waals surface area (Å²) < 4.78 is 0. The Bertz CT molecular complexity index is 420. The van der Waals surface area contributed by atoms with Crippen molar-refractivity contribution in [3.05, 3.63) is 16.1 Å². The minimum atomic E-state index is -0.479. The van der Waals surface area contributed by atoms with Crippen LogP contribution in [0.3, 0.4) is 0 Å². The Balaban J connectivity index is 1.96. The van der Waals surface area contributed by atoms with Gasteiger partial charge in [-0.05, 0) is 32.7 Å². The van der Waals surface area contributed by atoms with Gasteiger partial charge in [-0.15, -0.1) is 11.3 Å². The first-order valence-electron chi connectivity index (χ1n) is 7.16. The molecule has 1 aliphatic rings. The van der Waals surface area contributed by atoms with Crippen LogP contribution in [0.15, 0.2) is 5.38 Å². The van der Waals surface area contributed by atoms with Gasteiger partial charge in [-0.1, -0.05) is 20.8 Å². The Hall–Kier alpha value is -0.450. The second-order valence-corrected chi connectivity index (χ2v) is 7.88. The van der Waals surface area contributed by atoms with Gasteiger partial charge in [0.15, 0.2) is 0 Å². The lowest BCUT2D eigenvalue weighted by atomic mass is 9.98. The van der Waals surface area contributed by atoms with Gasteiger partial charge in [0.05, 0.1) is 16.3 Å². The summed E-state index contributed by atoms with van der Waals surface area (Å²) in [6, 6.07) is 0. The summed E-state index contributed by atoms with van der Waals surface area (Å²) in [6.07, 6.45) is 2.85. The summed E-state index contributed by atoms with van der Waals surface area (Å²) in [5, 5.41) is 13.5. The summed E-state index contributed by atoms with van der Waals surface area (Å²) in [5.74, 6) is 0. The SMILES string of the molecule is CC1(O)CCCN(Cc2csc(C(C)(C)C)n2)CC1. The van der Waals surface area contributed by atoms with Crippen LogP contribution < -0.4 is 0 Å². The molecule has 4 heteroatoms. The molecule has 0 amide bonds. The third kappa shape index (κ3) is 4.26. The number of rotatable bonds is 2. The molecule has 1 fully saturated rings. The highest BCUT2D eigenvalue weighted by atomic mass is 32.1. The van der Waals surface area contributed by atoms with Crippen molar-refractivity contribution in [3.63, 3.8) is 0 Å². The number of likely N-dealkylation sites (tertiary alicyclic amines) is 1. The van der Waals surface area contributed by atoms with Crippen LogP contribution in [0.5, 0.6) is 0 Å². The number of hydrogen-bond donors (Lipinski definition) is 1. The predicted molar refractivity (Wildman–Crippen MR) is 80.6 cm³/mol. The number of hydrogen-bond acceptors (Lipinski definition) is 4. The molecule has 1 atom stereocenters. The monoisotopic (exact) mass is 282 g/mol. The fraction of sp³-hybridized carbons (Fsp3) is 0.800. The van der Waals surface area contributed by atoms with Crippen molar-refractivity contribution >= 4 is 11.3 Å². The molecule has 1 unspecified atom stereocenters. The van der Waals surface area contributed by atoms with Crippen LogP contribution in [0.4, 0.5) is 0 Å². The maximum Gasteiger partial charge on any atom is 0.0982 e. The minimum Gasteiger partial charge on any atom is -0.390 e. The topological polar surface area (TPSA) is 36.4 Å². The van der Waals surface area contributed by atoms with Crippen LogP contribution in [0.2, 0.25) is 0 Å². The van der Waals surface area contributed by atoms with E-state index in [1.807, 2.05) is 6.92 Å². The van der Waals surface area contributed by atoms with Crippen molar-refractivity contribution in [1.29, 1.82) is 0 Å². The zero-order valence-corrected chi connectivity index (χ0v) is 13.4. The van der Waals surface area contributed by atoms with Gasteiger partial charge >= 0.3 is 0 Å². The average molecular weight is 282 g/mol. The molecular weight excluding hydrogens is 256 g/mol. The van der Waals surface area contributed by atoms with E-state index >= 15 is 0 Å². The van der Waals surface area contributed by atoms with E-state index in [2.05, 4.69) is 31.1 Å². The molecule has 0 spiro atoms. The van der Waals surface area contributed by atoms with Gasteiger partial charge in [-0.3, -0.25) is 4.90 Å². The van der Waals surface area contributed by atoms with E-state index in [1.54, 1.807) is 11.3 Å². The largest absolute Gasteiger partial charge is 0.390 e. The molecule has 1 aromatic heterocycles. The van der Waals surface area contributed by atoms with E-state index in [1.165, 1.54) is 10.7 Å². The molecule has 3 nitrogen and oxygen atoms in total. The third-order valence-corrected chi connectivity index (χ3v) is 5.05. The van der Waals surface area contributed by atoms with Crippen LogP contribution in [-0.2, 0) is 12.0 Å². The van der Waals surface area contributed by atoms with Gasteiger partial charge in [0.25, 0.3) is 0 Å². The average Bonchev–Trinajstić information content (AvgIpc) is 2.67. The smallest absolute Gasteiger partial charge is 0.0982 e. The normalized spacial score (nSPS) is 26.4. The van der Waals surface area contributed by atoms with E-state index in [9.17, 15) is 5.11 Å². The molecule has 0 radical (unpaired) electrons. The zero-order valence-electron chi connectivity index (χ0n) is 12.6. The van der Waals surface area contributed by atoms with Crippen molar-refractivity contribution in [1.82, 2.24) is 9.88 Å². The van der Waals surface area contributed by atoms with Gasteiger partial charge in [-0.25, -0.2) is 4.98 Å². The second-order valence-electron chi connectivity index (χ2n) is 7.02. The van der Waals surface area contributed by atoms with E-state index in [4.69, 9.17) is 4.98 Å². The molecule has 108 valence electrons. The van der Waals surface area contributed by atoms with Gasteiger partial charge in [0, 0.05) is 23.9 Å². The van der Waals surface area contributed by atoms with E-state index in [0.29, 0.717) is 0 Å². The highest BCUT2D eigenvalue weighted by Gasteiger charge is 2.25. The van der Waals surface area contributed by atoms with Gasteiger partial charge in [0.2, 0.25) is 0 Å². The lowest BCUT2D eigenvalue weighted by molar-refractivity contribution is 0.0444. The molecular formula is C15H26N2OS. The standard InChI is InChI=1S/C15H26N2OS/c1-14(2,3)13-16-12(11-19-13)10-17-8-5-6-15(4,18)7-9-17/h11,18H,5-10H2,1-4H3. The molecule has 1 aliphatic heterocycles. The molecule has 2 rings (SSSR count). The first-order valence-corrected chi connectivity index (χ1v) is 8.04. The van der Waals surface area contributed by atoms with Gasteiger partial charge in [0.1, 0.15) is 0 Å². The highest BCUT2D eigenvalue weighted by molar-refractivity contribution is 7.09. The molecule has 1 N–H and O–H groups in total. The summed E-state index contributed by atoms with van der Waals surface area (Å²) in [4.78, 5) is 7.18. The molecule has 19 heavy (non-hydrogen) atoms. The Morgan fingerprint density at radius 1 is 1.37 bits per heavy atom. The lowest BCUT2D eigenvalue weighted by Gasteiger charge is -2.21. The molecule has 0 aromatic carbocycles. The van der Waals surface area contributed by atoms with Gasteiger partial charge < -0.3 is 5.11 Å². The number of nitrogens with zero attached hydrogens (tertiary/aromatic N) is 2. The molecule has 2 heterocycles. The lowest BCUT2D eigenvalue weighted by Crippen LogP contribution is -2.28. The van der Waals surface area contributed by atoms with Crippen LogP contribution in [0, 0.1) is 0 Å². The number of aliphatic hydroxyl groups is 1. The van der Waals surface area contributed by atoms with E-state index < -0.39 is 5.60 Å². The molecule has 0 bridgehead atoms. The first-order chi connectivity index (χ1) is 8.76. The van der Waals surface area contributed by atoms with Gasteiger partial charge in [-0.2, -0.15) is 0 Å². The Morgan fingerprint density at radius 2 is 2.11 bits per heavy atom. The minimum absolute atomic E-state index is 0.144. The zero-order chi connectivity index (χ0) is 14.1. The summed E-state index contributed by atoms with van der Waals surface area (Å²) in [7, 11) is 0. The Morgan fingerprint density at radius 3 is 2.74 bits per heavy atom. The summed E-state index contributed by atoms with van der Waals surface area (Å²) in [6.45, 7) is 11.5. The van der Waals surface area contributed by atoms with E-state index in [-0.39, 0.29) is 5.41 Å². The first kappa shape index (κ1) is 14.9. The Labute approximate surface area is 120 Å². The van der Waals surface area contributed by atoms with Crippen LogP contribution >= 0.6 is 11.3 Å². The fourth-order valence-corrected chi connectivity index (χ4v) is 3.33. The number of aromatic nitrogens is 1. The Kier molecular flexibility index (Phi) is 4.33. The van der Waals surface area contributed by atoms with Crippen molar-refractivity contribution in [3.8, 4) is 0 Å². The van der Waals surface area contributed by atoms with Crippen molar-refractivity contribution < 1.29 is 5.11 Å². The summed E-state index contributed by atoms with van der Waals surface area (Å²) in [5.41, 5.74) is 0.843. The fourth-order valence-electron chi connectivity index (χ4n) is 2.43. The predicted octanol–water partition coefficient (Wildman–Crippen LogP) is 3.18. The van der Waals surface area contributed by atoms with Crippen molar-refractivity contribution in [2.24, 2.45) is 0 Å². The number of thiazole rings is 1. The highest BCUT2D eigenvalue weighted by Crippen LogP contribution is 2.27. The van der Waals surface area contributed by atoms with E-state index in [0.717, 1.165) is 38.9 Å². The molecule has 0 saturated carbocycles. The quantitative estimate of drug-likeness (QED) is 0.905. The summed E-state index contributed by atoms with van der Waals surface area (Å²) >= 11 is 1.76. The molecule has 1 saturated heterocycles. The van der Waals surface area contributed by atoms with Crippen molar-refractivity contribution in [2.75, 3.05) is 13.1 Å². The maximum atomic E-state index is 10.1. The van der Waals surface area contributed by atoms with Crippen molar-refractivity contribution in [2.45, 2.75) is 64.5 Å². The molecule has 1 aromatic rings. The third-order valence-electron chi connectivity index (χ3n) is 3.74. The maximum absolute atomic E-state index is 10.1. The van der Waals surface area contributed by atoms with Crippen LogP contribution in [-0.4, -0.2) is 33.7 Å². The van der Waals surface area contributed by atoms with Crippen LogP contribution in [0.25, 0.3) is 0 Å². The molecule has 0 aliphatic carbocycles. The second kappa shape index (κ2) is 5.51. The van der Waals surface area contributed by atoms with Crippen LogP contribution in [0.1, 0.15) is 57.7 Å².